The molecule has 0 amide bonds. The van der Waals surface area contributed by atoms with Crippen LogP contribution in [-0.2, 0) is 19.4 Å². The summed E-state index contributed by atoms with van der Waals surface area (Å²) in [6, 6.07) is 5.13. The second-order valence-electron chi connectivity index (χ2n) is 4.65. The summed E-state index contributed by atoms with van der Waals surface area (Å²) in [7, 11) is 1.46. The summed E-state index contributed by atoms with van der Waals surface area (Å²) < 4.78 is 6.89. The minimum absolute atomic E-state index is 0.156. The molecule has 1 heterocycles. The summed E-state index contributed by atoms with van der Waals surface area (Å²) in [4.78, 5) is 15.7. The topological polar surface area (TPSA) is 77.2 Å². The molecule has 21 heavy (non-hydrogen) atoms. The number of aryl methyl sites for hydroxylation is 2. The van der Waals surface area contributed by atoms with Crippen molar-refractivity contribution in [2.75, 3.05) is 7.11 Å². The lowest BCUT2D eigenvalue weighted by molar-refractivity contribution is 0.0693. The van der Waals surface area contributed by atoms with Crippen LogP contribution in [0.2, 0.25) is 0 Å². The molecule has 0 unspecified atom stereocenters. The lowest BCUT2D eigenvalue weighted by Crippen LogP contribution is -2.08. The van der Waals surface area contributed by atoms with Gasteiger partial charge in [0.1, 0.15) is 17.1 Å². The van der Waals surface area contributed by atoms with Crippen molar-refractivity contribution in [2.24, 2.45) is 0 Å². The third kappa shape index (κ3) is 3.21. The van der Waals surface area contributed by atoms with Crippen molar-refractivity contribution in [3.05, 3.63) is 41.0 Å². The molecule has 0 aliphatic heterocycles. The zero-order chi connectivity index (χ0) is 15.4. The van der Waals surface area contributed by atoms with Gasteiger partial charge in [0.2, 0.25) is 0 Å². The molecular weight excluding hydrogens is 270 g/mol. The second-order valence-corrected chi connectivity index (χ2v) is 4.65. The van der Waals surface area contributed by atoms with Gasteiger partial charge in [-0.15, -0.1) is 0 Å². The van der Waals surface area contributed by atoms with Crippen molar-refractivity contribution < 1.29 is 14.6 Å². The first-order valence-corrected chi connectivity index (χ1v) is 6.91. The van der Waals surface area contributed by atoms with Crippen LogP contribution in [0.5, 0.6) is 5.75 Å². The smallest absolute Gasteiger partial charge is 0.339 e. The van der Waals surface area contributed by atoms with Crippen LogP contribution < -0.4 is 4.74 Å². The third-order valence-corrected chi connectivity index (χ3v) is 3.25. The van der Waals surface area contributed by atoms with E-state index in [0.29, 0.717) is 12.3 Å². The fraction of sp³-hybridized carbons (Fsp3) is 0.400. The van der Waals surface area contributed by atoms with Crippen LogP contribution in [0.3, 0.4) is 0 Å². The van der Waals surface area contributed by atoms with Crippen LogP contribution in [0.25, 0.3) is 0 Å². The first-order valence-electron chi connectivity index (χ1n) is 6.91. The molecule has 112 valence electrons. The van der Waals surface area contributed by atoms with Crippen LogP contribution in [0.1, 0.15) is 41.4 Å². The second kappa shape index (κ2) is 6.39. The predicted molar refractivity (Wildman–Crippen MR) is 77.8 cm³/mol. The largest absolute Gasteiger partial charge is 0.496 e. The molecule has 0 bridgehead atoms. The van der Waals surface area contributed by atoms with Crippen LogP contribution in [0.15, 0.2) is 18.2 Å². The van der Waals surface area contributed by atoms with E-state index in [1.54, 1.807) is 12.1 Å². The Balaban J connectivity index is 2.33. The Labute approximate surface area is 123 Å². The van der Waals surface area contributed by atoms with Crippen molar-refractivity contribution in [1.29, 1.82) is 0 Å². The zero-order valence-corrected chi connectivity index (χ0v) is 12.5. The average molecular weight is 289 g/mol. The lowest BCUT2D eigenvalue weighted by atomic mass is 10.1. The number of aromatic carboxylic acids is 1. The van der Waals surface area contributed by atoms with Crippen LogP contribution in [0, 0.1) is 0 Å². The number of aromatic nitrogens is 3. The number of carboxylic acid groups (broad SMARTS) is 1. The van der Waals surface area contributed by atoms with Gasteiger partial charge in [-0.3, -0.25) is 0 Å². The molecular formula is C15H19N3O3. The number of ether oxygens (including phenoxy) is 1. The molecule has 2 aromatic rings. The number of methoxy groups -OCH3 is 1. The van der Waals surface area contributed by atoms with Crippen molar-refractivity contribution >= 4 is 5.97 Å². The summed E-state index contributed by atoms with van der Waals surface area (Å²) in [6.45, 7) is 4.53. The maximum absolute atomic E-state index is 11.2. The maximum atomic E-state index is 11.2. The Morgan fingerprint density at radius 1 is 1.33 bits per heavy atom. The van der Waals surface area contributed by atoms with Crippen LogP contribution in [-0.4, -0.2) is 33.0 Å². The summed E-state index contributed by atoms with van der Waals surface area (Å²) >= 11 is 0. The van der Waals surface area contributed by atoms with Crippen LogP contribution >= 0.6 is 0 Å². The fourth-order valence-corrected chi connectivity index (χ4v) is 2.16. The molecule has 0 saturated heterocycles. The quantitative estimate of drug-likeness (QED) is 0.881. The molecule has 0 spiro atoms. The Bertz CT molecular complexity index is 650. The standard InChI is InChI=1S/C15H19N3O3/c1-4-13-16-14(5-2)18(17-13)9-10-6-7-12(21-3)11(8-10)15(19)20/h6-8H,4-5,9H2,1-3H3,(H,19,20). The molecule has 2 rings (SSSR count). The van der Waals surface area contributed by atoms with E-state index >= 15 is 0 Å². The Kier molecular flexibility index (Phi) is 4.57. The van der Waals surface area contributed by atoms with E-state index < -0.39 is 5.97 Å². The van der Waals surface area contributed by atoms with E-state index in [0.717, 1.165) is 30.1 Å². The first-order chi connectivity index (χ1) is 10.1. The minimum atomic E-state index is -1.00. The summed E-state index contributed by atoms with van der Waals surface area (Å²) in [5, 5.41) is 13.7. The highest BCUT2D eigenvalue weighted by Crippen LogP contribution is 2.20. The number of hydrogen-bond donors (Lipinski definition) is 1. The first kappa shape index (κ1) is 15.0. The van der Waals surface area contributed by atoms with Gasteiger partial charge in [-0.1, -0.05) is 19.9 Å². The van der Waals surface area contributed by atoms with Gasteiger partial charge in [0.25, 0.3) is 0 Å². The van der Waals surface area contributed by atoms with Gasteiger partial charge >= 0.3 is 5.97 Å². The van der Waals surface area contributed by atoms with E-state index in [-0.39, 0.29) is 5.56 Å². The lowest BCUT2D eigenvalue weighted by Gasteiger charge is -2.09. The molecule has 1 aromatic carbocycles. The zero-order valence-electron chi connectivity index (χ0n) is 12.5. The van der Waals surface area contributed by atoms with Crippen molar-refractivity contribution in [1.82, 2.24) is 14.8 Å². The van der Waals surface area contributed by atoms with E-state index in [4.69, 9.17) is 4.74 Å². The number of nitrogens with zero attached hydrogens (tertiary/aromatic N) is 3. The predicted octanol–water partition coefficient (Wildman–Crippen LogP) is 2.16. The molecule has 6 heteroatoms. The van der Waals surface area contributed by atoms with Crippen molar-refractivity contribution in [3.8, 4) is 5.75 Å². The Hall–Kier alpha value is -2.37. The SMILES string of the molecule is CCc1nc(CC)n(Cc2ccc(OC)c(C(=O)O)c2)n1. The minimum Gasteiger partial charge on any atom is -0.496 e. The van der Waals surface area contributed by atoms with E-state index in [1.807, 2.05) is 24.6 Å². The molecule has 0 aliphatic carbocycles. The van der Waals surface area contributed by atoms with E-state index in [2.05, 4.69) is 10.1 Å². The van der Waals surface area contributed by atoms with Gasteiger partial charge < -0.3 is 9.84 Å². The highest BCUT2D eigenvalue weighted by atomic mass is 16.5. The molecule has 0 aliphatic rings. The van der Waals surface area contributed by atoms with Gasteiger partial charge in [-0.2, -0.15) is 5.10 Å². The summed E-state index contributed by atoms with van der Waals surface area (Å²) in [6.07, 6.45) is 1.57. The molecule has 0 radical (unpaired) electrons. The van der Waals surface area contributed by atoms with E-state index in [1.165, 1.54) is 7.11 Å². The number of hydrogen-bond acceptors (Lipinski definition) is 4. The highest BCUT2D eigenvalue weighted by Gasteiger charge is 2.13. The monoisotopic (exact) mass is 289 g/mol. The molecule has 0 atom stereocenters. The fourth-order valence-electron chi connectivity index (χ4n) is 2.16. The van der Waals surface area contributed by atoms with Gasteiger partial charge in [0, 0.05) is 12.8 Å². The number of benzene rings is 1. The molecule has 6 nitrogen and oxygen atoms in total. The van der Waals surface area contributed by atoms with Gasteiger partial charge in [-0.25, -0.2) is 14.5 Å². The van der Waals surface area contributed by atoms with Gasteiger partial charge in [-0.05, 0) is 17.7 Å². The van der Waals surface area contributed by atoms with E-state index in [9.17, 15) is 9.90 Å². The summed E-state index contributed by atoms with van der Waals surface area (Å²) in [5.41, 5.74) is 1.01. The molecule has 0 saturated carbocycles. The normalized spacial score (nSPS) is 10.6. The van der Waals surface area contributed by atoms with Crippen LogP contribution in [0.4, 0.5) is 0 Å². The number of rotatable bonds is 6. The van der Waals surface area contributed by atoms with Crippen molar-refractivity contribution in [3.63, 3.8) is 0 Å². The molecule has 1 aromatic heterocycles. The molecule has 1 N–H and O–H groups in total. The maximum Gasteiger partial charge on any atom is 0.339 e. The third-order valence-electron chi connectivity index (χ3n) is 3.25. The van der Waals surface area contributed by atoms with Gasteiger partial charge in [0.05, 0.1) is 13.7 Å². The highest BCUT2D eigenvalue weighted by molar-refractivity contribution is 5.91. The Morgan fingerprint density at radius 2 is 2.10 bits per heavy atom. The number of carboxylic acids is 1. The average Bonchev–Trinajstić information content (AvgIpc) is 2.89. The van der Waals surface area contributed by atoms with Gasteiger partial charge in [0.15, 0.2) is 5.82 Å². The summed E-state index contributed by atoms with van der Waals surface area (Å²) in [5.74, 6) is 1.06. The molecule has 0 fully saturated rings. The number of carbonyl (C=O) groups is 1. The van der Waals surface area contributed by atoms with Crippen molar-refractivity contribution in [2.45, 2.75) is 33.2 Å². The Morgan fingerprint density at radius 3 is 2.67 bits per heavy atom.